The molecule has 0 bridgehead atoms. The molecule has 2 unspecified atom stereocenters. The number of rotatable bonds is 7. The summed E-state index contributed by atoms with van der Waals surface area (Å²) in [6.45, 7) is 6.07. The molecule has 27 heavy (non-hydrogen) atoms. The molecule has 5 atom stereocenters. The maximum Gasteiger partial charge on any atom is 0.303 e. The third-order valence-electron chi connectivity index (χ3n) is 4.65. The highest BCUT2D eigenvalue weighted by molar-refractivity contribution is 6.53. The lowest BCUT2D eigenvalue weighted by Crippen LogP contribution is -2.54. The van der Waals surface area contributed by atoms with Crippen LogP contribution in [0.2, 0.25) is 0 Å². The van der Waals surface area contributed by atoms with Gasteiger partial charge in [-0.2, -0.15) is 0 Å². The minimum atomic E-state index is -1.13. The summed E-state index contributed by atoms with van der Waals surface area (Å²) >= 11 is 11.4. The molecule has 150 valence electrons. The maximum absolute atomic E-state index is 11.5. The van der Waals surface area contributed by atoms with Gasteiger partial charge < -0.3 is 18.9 Å². The summed E-state index contributed by atoms with van der Waals surface area (Å²) < 4.78 is 22.6. The number of carbonyl (C=O) groups is 1. The molecule has 0 saturated carbocycles. The first-order valence-electron chi connectivity index (χ1n) is 8.77. The predicted octanol–water partition coefficient (Wildman–Crippen LogP) is 3.93. The first-order chi connectivity index (χ1) is 12.8. The Labute approximate surface area is 169 Å². The molecule has 1 aromatic carbocycles. The SMILES string of the molecule is CC(=O)OC1[C@@H](OC(=N)C(Cl)Cl)OC(COCc2ccccc2)[C@@H](C)[C@@H]1C. The summed E-state index contributed by atoms with van der Waals surface area (Å²) in [5.74, 6) is -0.835. The van der Waals surface area contributed by atoms with Crippen LogP contribution in [0.3, 0.4) is 0 Å². The van der Waals surface area contributed by atoms with Crippen LogP contribution in [0.1, 0.15) is 26.3 Å². The van der Waals surface area contributed by atoms with Crippen molar-refractivity contribution < 1.29 is 23.7 Å². The third-order valence-corrected chi connectivity index (χ3v) is 5.04. The van der Waals surface area contributed by atoms with Crippen molar-refractivity contribution in [1.82, 2.24) is 0 Å². The van der Waals surface area contributed by atoms with Crippen molar-refractivity contribution in [2.45, 2.75) is 50.7 Å². The van der Waals surface area contributed by atoms with Crippen LogP contribution in [-0.2, 0) is 30.3 Å². The van der Waals surface area contributed by atoms with E-state index in [1.165, 1.54) is 6.92 Å². The van der Waals surface area contributed by atoms with Crippen molar-refractivity contribution in [2.24, 2.45) is 11.8 Å². The summed E-state index contributed by atoms with van der Waals surface area (Å²) in [7, 11) is 0. The largest absolute Gasteiger partial charge is 0.456 e. The van der Waals surface area contributed by atoms with Gasteiger partial charge in [-0.25, -0.2) is 0 Å². The second-order valence-corrected chi connectivity index (χ2v) is 7.71. The van der Waals surface area contributed by atoms with Crippen molar-refractivity contribution in [1.29, 1.82) is 5.41 Å². The fourth-order valence-corrected chi connectivity index (χ4v) is 3.05. The Hall–Kier alpha value is -1.34. The molecule has 1 aromatic rings. The van der Waals surface area contributed by atoms with Gasteiger partial charge in [-0.15, -0.1) is 0 Å². The van der Waals surface area contributed by atoms with Crippen molar-refractivity contribution in [3.63, 3.8) is 0 Å². The molecule has 1 N–H and O–H groups in total. The molecule has 1 aliphatic heterocycles. The smallest absolute Gasteiger partial charge is 0.303 e. The highest BCUT2D eigenvalue weighted by Crippen LogP contribution is 2.34. The Bertz CT molecular complexity index is 628. The monoisotopic (exact) mass is 417 g/mol. The fraction of sp³-hybridized carbons (Fsp3) is 0.579. The first-order valence-corrected chi connectivity index (χ1v) is 9.64. The number of nitrogens with one attached hydrogen (secondary N) is 1. The van der Waals surface area contributed by atoms with Crippen LogP contribution in [0.4, 0.5) is 0 Å². The van der Waals surface area contributed by atoms with Crippen LogP contribution in [-0.4, -0.2) is 41.8 Å². The minimum absolute atomic E-state index is 0.0435. The number of alkyl halides is 2. The van der Waals surface area contributed by atoms with Gasteiger partial charge in [-0.3, -0.25) is 10.2 Å². The van der Waals surface area contributed by atoms with Crippen LogP contribution in [0, 0.1) is 17.2 Å². The third kappa shape index (κ3) is 6.35. The molecule has 8 heteroatoms. The van der Waals surface area contributed by atoms with Gasteiger partial charge in [-0.05, 0) is 11.5 Å². The molecule has 0 aliphatic carbocycles. The number of halogens is 2. The lowest BCUT2D eigenvalue weighted by molar-refractivity contribution is -0.259. The van der Waals surface area contributed by atoms with Crippen LogP contribution in [0.15, 0.2) is 30.3 Å². The zero-order valence-corrected chi connectivity index (χ0v) is 17.1. The van der Waals surface area contributed by atoms with Crippen LogP contribution < -0.4 is 0 Å². The summed E-state index contributed by atoms with van der Waals surface area (Å²) in [6, 6.07) is 9.82. The number of carbonyl (C=O) groups excluding carboxylic acids is 1. The molecule has 0 spiro atoms. The molecule has 0 amide bonds. The Balaban J connectivity index is 2.03. The number of hydrogen-bond donors (Lipinski definition) is 1. The normalized spacial score (nSPS) is 28.0. The minimum Gasteiger partial charge on any atom is -0.456 e. The van der Waals surface area contributed by atoms with Crippen molar-refractivity contribution in [3.8, 4) is 0 Å². The van der Waals surface area contributed by atoms with Gasteiger partial charge in [-0.1, -0.05) is 67.4 Å². The Kier molecular flexibility index (Phi) is 8.35. The number of hydrogen-bond acceptors (Lipinski definition) is 6. The predicted molar refractivity (Wildman–Crippen MR) is 103 cm³/mol. The van der Waals surface area contributed by atoms with E-state index in [0.29, 0.717) is 13.2 Å². The quantitative estimate of drug-likeness (QED) is 0.314. The van der Waals surface area contributed by atoms with Gasteiger partial charge in [0.05, 0.1) is 19.3 Å². The van der Waals surface area contributed by atoms with E-state index in [4.69, 9.17) is 47.6 Å². The molecular formula is C19H25Cl2NO5. The summed E-state index contributed by atoms with van der Waals surface area (Å²) in [6.07, 6.45) is -1.94. The van der Waals surface area contributed by atoms with Crippen molar-refractivity contribution in [3.05, 3.63) is 35.9 Å². The van der Waals surface area contributed by atoms with E-state index in [1.54, 1.807) is 0 Å². The maximum atomic E-state index is 11.5. The van der Waals surface area contributed by atoms with E-state index in [9.17, 15) is 4.79 Å². The Morgan fingerprint density at radius 1 is 1.19 bits per heavy atom. The standard InChI is InChI=1S/C19H25Cl2NO5/c1-11-12(2)16(25-13(3)23)19(27-18(22)17(20)21)26-15(11)10-24-9-14-7-5-4-6-8-14/h4-8,11-12,15-17,19,22H,9-10H2,1-3H3/t11-,12-,15?,16?,19+/m0/s1. The summed E-state index contributed by atoms with van der Waals surface area (Å²) in [5, 5.41) is 7.75. The van der Waals surface area contributed by atoms with Gasteiger partial charge >= 0.3 is 5.97 Å². The Morgan fingerprint density at radius 2 is 1.85 bits per heavy atom. The van der Waals surface area contributed by atoms with E-state index < -0.39 is 23.2 Å². The Morgan fingerprint density at radius 3 is 2.44 bits per heavy atom. The van der Waals surface area contributed by atoms with Crippen LogP contribution in [0.25, 0.3) is 0 Å². The van der Waals surface area contributed by atoms with E-state index in [-0.39, 0.29) is 23.8 Å². The van der Waals surface area contributed by atoms with Crippen LogP contribution in [0.5, 0.6) is 0 Å². The van der Waals surface area contributed by atoms with Gasteiger partial charge in [0.15, 0.2) is 10.9 Å². The van der Waals surface area contributed by atoms with Gasteiger partial charge in [0.2, 0.25) is 12.2 Å². The molecule has 2 rings (SSSR count). The second-order valence-electron chi connectivity index (χ2n) is 6.62. The molecule has 0 radical (unpaired) electrons. The molecule has 1 heterocycles. The lowest BCUT2D eigenvalue weighted by Gasteiger charge is -2.43. The fourth-order valence-electron chi connectivity index (χ4n) is 2.94. The van der Waals surface area contributed by atoms with E-state index in [1.807, 2.05) is 44.2 Å². The molecule has 1 saturated heterocycles. The van der Waals surface area contributed by atoms with Gasteiger partial charge in [0.25, 0.3) is 0 Å². The van der Waals surface area contributed by atoms with Crippen molar-refractivity contribution in [2.75, 3.05) is 6.61 Å². The average Bonchev–Trinajstić information content (AvgIpc) is 2.63. The van der Waals surface area contributed by atoms with Gasteiger partial charge in [0.1, 0.15) is 0 Å². The topological polar surface area (TPSA) is 77.8 Å². The number of ether oxygens (including phenoxy) is 4. The first kappa shape index (κ1) is 22.0. The highest BCUT2D eigenvalue weighted by Gasteiger charge is 2.45. The average molecular weight is 418 g/mol. The van der Waals surface area contributed by atoms with Gasteiger partial charge in [0, 0.05) is 12.8 Å². The zero-order chi connectivity index (χ0) is 20.0. The molecule has 6 nitrogen and oxygen atoms in total. The molecule has 0 aromatic heterocycles. The van der Waals surface area contributed by atoms with E-state index >= 15 is 0 Å². The number of esters is 1. The van der Waals surface area contributed by atoms with E-state index in [0.717, 1.165) is 5.56 Å². The summed E-state index contributed by atoms with van der Waals surface area (Å²) in [4.78, 5) is 10.3. The zero-order valence-electron chi connectivity index (χ0n) is 15.6. The van der Waals surface area contributed by atoms with Crippen LogP contribution >= 0.6 is 23.2 Å². The highest BCUT2D eigenvalue weighted by atomic mass is 35.5. The molecule has 1 fully saturated rings. The number of benzene rings is 1. The summed E-state index contributed by atoms with van der Waals surface area (Å²) in [5.41, 5.74) is 1.06. The molecule has 1 aliphatic rings. The van der Waals surface area contributed by atoms with Crippen molar-refractivity contribution >= 4 is 35.1 Å². The second kappa shape index (κ2) is 10.3. The molecular weight excluding hydrogens is 393 g/mol. The lowest BCUT2D eigenvalue weighted by atomic mass is 9.83. The van der Waals surface area contributed by atoms with E-state index in [2.05, 4.69) is 0 Å².